The highest BCUT2D eigenvalue weighted by atomic mass is 35.5. The van der Waals surface area contributed by atoms with Gasteiger partial charge in [-0.05, 0) is 31.2 Å². The van der Waals surface area contributed by atoms with E-state index >= 15 is 0 Å². The minimum atomic E-state index is -0.355. The predicted octanol–water partition coefficient (Wildman–Crippen LogP) is 3.39. The van der Waals surface area contributed by atoms with Gasteiger partial charge in [0, 0.05) is 18.3 Å². The van der Waals surface area contributed by atoms with E-state index < -0.39 is 0 Å². The molecule has 1 unspecified atom stereocenters. The average molecular weight is 254 g/mol. The van der Waals surface area contributed by atoms with Crippen LogP contribution < -0.4 is 5.32 Å². The Hall–Kier alpha value is -1.55. The molecule has 90 valence electrons. The zero-order valence-electron chi connectivity index (χ0n) is 9.61. The molecular weight excluding hydrogens is 241 g/mol. The van der Waals surface area contributed by atoms with Gasteiger partial charge >= 0.3 is 0 Å². The van der Waals surface area contributed by atoms with E-state index in [2.05, 4.69) is 10.4 Å². The van der Waals surface area contributed by atoms with E-state index in [4.69, 9.17) is 11.6 Å². The van der Waals surface area contributed by atoms with Crippen molar-refractivity contribution in [2.45, 2.75) is 13.0 Å². The quantitative estimate of drug-likeness (QED) is 0.909. The molecule has 3 nitrogen and oxygen atoms in total. The van der Waals surface area contributed by atoms with Crippen LogP contribution >= 0.6 is 11.6 Å². The first kappa shape index (κ1) is 11.9. The van der Waals surface area contributed by atoms with Crippen molar-refractivity contribution in [3.8, 4) is 0 Å². The predicted molar refractivity (Wildman–Crippen MR) is 66.7 cm³/mol. The van der Waals surface area contributed by atoms with Crippen molar-refractivity contribution >= 4 is 17.3 Å². The topological polar surface area (TPSA) is 29.9 Å². The Morgan fingerprint density at radius 3 is 2.76 bits per heavy atom. The summed E-state index contributed by atoms with van der Waals surface area (Å²) in [6, 6.07) is 6.44. The third-order valence-electron chi connectivity index (χ3n) is 2.61. The average Bonchev–Trinajstić information content (AvgIpc) is 2.68. The summed E-state index contributed by atoms with van der Waals surface area (Å²) in [5, 5.41) is 7.55. The molecule has 0 bridgehead atoms. The zero-order chi connectivity index (χ0) is 12.4. The van der Waals surface area contributed by atoms with Gasteiger partial charge in [-0.25, -0.2) is 4.39 Å². The molecule has 1 aromatic carbocycles. The number of nitrogens with zero attached hydrogens (tertiary/aromatic N) is 2. The van der Waals surface area contributed by atoms with Gasteiger partial charge in [-0.1, -0.05) is 11.6 Å². The lowest BCUT2D eigenvalue weighted by Crippen LogP contribution is -2.12. The van der Waals surface area contributed by atoms with Crippen LogP contribution in [0.1, 0.15) is 18.7 Å². The summed E-state index contributed by atoms with van der Waals surface area (Å²) >= 11 is 5.70. The highest BCUT2D eigenvalue weighted by Crippen LogP contribution is 2.23. The van der Waals surface area contributed by atoms with Crippen LogP contribution in [0.4, 0.5) is 10.1 Å². The van der Waals surface area contributed by atoms with E-state index in [-0.39, 0.29) is 11.9 Å². The fourth-order valence-electron chi connectivity index (χ4n) is 1.72. The van der Waals surface area contributed by atoms with Crippen LogP contribution in [-0.2, 0) is 7.05 Å². The fraction of sp³-hybridized carbons (Fsp3) is 0.250. The minimum absolute atomic E-state index is 0.0295. The zero-order valence-corrected chi connectivity index (χ0v) is 10.4. The maximum Gasteiger partial charge on any atom is 0.147 e. The lowest BCUT2D eigenvalue weighted by molar-refractivity contribution is 0.622. The summed E-state index contributed by atoms with van der Waals surface area (Å²) in [6.07, 6.45) is 1.71. The summed E-state index contributed by atoms with van der Waals surface area (Å²) < 4.78 is 15.3. The lowest BCUT2D eigenvalue weighted by Gasteiger charge is -2.16. The molecule has 0 amide bonds. The summed E-state index contributed by atoms with van der Waals surface area (Å²) in [4.78, 5) is 0. The molecule has 1 aromatic heterocycles. The Bertz CT molecular complexity index is 524. The Morgan fingerprint density at radius 1 is 1.41 bits per heavy atom. The molecule has 1 N–H and O–H groups in total. The minimum Gasteiger partial charge on any atom is -0.375 e. The van der Waals surface area contributed by atoms with E-state index in [1.165, 1.54) is 6.07 Å². The van der Waals surface area contributed by atoms with Crippen molar-refractivity contribution in [1.29, 1.82) is 0 Å². The van der Waals surface area contributed by atoms with Crippen LogP contribution in [-0.4, -0.2) is 9.78 Å². The van der Waals surface area contributed by atoms with Gasteiger partial charge in [0.2, 0.25) is 0 Å². The Labute approximate surface area is 104 Å². The van der Waals surface area contributed by atoms with Crippen molar-refractivity contribution in [3.05, 3.63) is 47.0 Å². The molecular formula is C12H13ClFN3. The standard InChI is InChI=1S/C12H13ClFN3/c1-8(12-5-6-15-17(12)2)16-11-4-3-9(13)7-10(11)14/h3-8,16H,1-2H3. The van der Waals surface area contributed by atoms with E-state index in [1.54, 1.807) is 23.0 Å². The molecule has 17 heavy (non-hydrogen) atoms. The number of aromatic nitrogens is 2. The molecule has 0 saturated carbocycles. The van der Waals surface area contributed by atoms with Gasteiger partial charge in [0.1, 0.15) is 5.82 Å². The summed E-state index contributed by atoms with van der Waals surface area (Å²) in [5.74, 6) is -0.355. The summed E-state index contributed by atoms with van der Waals surface area (Å²) in [6.45, 7) is 1.95. The molecule has 0 aliphatic rings. The Kier molecular flexibility index (Phi) is 3.33. The largest absolute Gasteiger partial charge is 0.375 e. The van der Waals surface area contributed by atoms with Gasteiger partial charge in [0.15, 0.2) is 0 Å². The molecule has 0 aliphatic heterocycles. The maximum atomic E-state index is 13.6. The smallest absolute Gasteiger partial charge is 0.147 e. The highest BCUT2D eigenvalue weighted by molar-refractivity contribution is 6.30. The summed E-state index contributed by atoms with van der Waals surface area (Å²) in [5.41, 5.74) is 1.42. The van der Waals surface area contributed by atoms with Crippen molar-refractivity contribution in [2.75, 3.05) is 5.32 Å². The fourth-order valence-corrected chi connectivity index (χ4v) is 1.88. The Morgan fingerprint density at radius 2 is 2.18 bits per heavy atom. The van der Waals surface area contributed by atoms with Crippen LogP contribution in [0.25, 0.3) is 0 Å². The summed E-state index contributed by atoms with van der Waals surface area (Å²) in [7, 11) is 1.85. The van der Waals surface area contributed by atoms with Gasteiger partial charge in [-0.2, -0.15) is 5.10 Å². The molecule has 0 spiro atoms. The van der Waals surface area contributed by atoms with Gasteiger partial charge < -0.3 is 5.32 Å². The maximum absolute atomic E-state index is 13.6. The number of rotatable bonds is 3. The van der Waals surface area contributed by atoms with E-state index in [0.29, 0.717) is 10.7 Å². The van der Waals surface area contributed by atoms with E-state index in [9.17, 15) is 4.39 Å². The van der Waals surface area contributed by atoms with Crippen LogP contribution in [0.5, 0.6) is 0 Å². The molecule has 1 heterocycles. The van der Waals surface area contributed by atoms with E-state index in [1.807, 2.05) is 20.0 Å². The van der Waals surface area contributed by atoms with Gasteiger partial charge in [-0.3, -0.25) is 4.68 Å². The molecule has 1 atom stereocenters. The van der Waals surface area contributed by atoms with Crippen LogP contribution in [0.2, 0.25) is 5.02 Å². The van der Waals surface area contributed by atoms with Crippen molar-refractivity contribution in [3.63, 3.8) is 0 Å². The van der Waals surface area contributed by atoms with Crippen molar-refractivity contribution in [2.24, 2.45) is 7.05 Å². The van der Waals surface area contributed by atoms with Crippen LogP contribution in [0.3, 0.4) is 0 Å². The van der Waals surface area contributed by atoms with E-state index in [0.717, 1.165) is 5.69 Å². The number of nitrogens with one attached hydrogen (secondary N) is 1. The van der Waals surface area contributed by atoms with Gasteiger partial charge in [0.25, 0.3) is 0 Å². The number of benzene rings is 1. The Balaban J connectivity index is 2.19. The molecule has 2 rings (SSSR count). The highest BCUT2D eigenvalue weighted by Gasteiger charge is 2.11. The third-order valence-corrected chi connectivity index (χ3v) is 2.84. The normalized spacial score (nSPS) is 12.5. The molecule has 0 fully saturated rings. The lowest BCUT2D eigenvalue weighted by atomic mass is 10.2. The van der Waals surface area contributed by atoms with Gasteiger partial charge in [0.05, 0.1) is 17.4 Å². The second-order valence-electron chi connectivity index (χ2n) is 3.87. The van der Waals surface area contributed by atoms with Crippen molar-refractivity contribution < 1.29 is 4.39 Å². The van der Waals surface area contributed by atoms with Crippen LogP contribution in [0.15, 0.2) is 30.5 Å². The molecule has 0 saturated heterocycles. The number of anilines is 1. The van der Waals surface area contributed by atoms with Crippen LogP contribution in [0, 0.1) is 5.82 Å². The SMILES string of the molecule is CC(Nc1ccc(Cl)cc1F)c1ccnn1C. The first-order valence-electron chi connectivity index (χ1n) is 5.27. The number of aryl methyl sites for hydroxylation is 1. The second-order valence-corrected chi connectivity index (χ2v) is 4.31. The first-order chi connectivity index (χ1) is 8.08. The molecule has 0 aliphatic carbocycles. The van der Waals surface area contributed by atoms with Gasteiger partial charge in [-0.15, -0.1) is 0 Å². The number of halogens is 2. The molecule has 5 heteroatoms. The number of hydrogen-bond acceptors (Lipinski definition) is 2. The monoisotopic (exact) mass is 253 g/mol. The first-order valence-corrected chi connectivity index (χ1v) is 5.65. The molecule has 2 aromatic rings. The van der Waals surface area contributed by atoms with Crippen molar-refractivity contribution in [1.82, 2.24) is 9.78 Å². The second kappa shape index (κ2) is 4.75. The number of hydrogen-bond donors (Lipinski definition) is 1. The molecule has 0 radical (unpaired) electrons. The third kappa shape index (κ3) is 2.58.